The Kier molecular flexibility index (Phi) is 5.95. The predicted molar refractivity (Wildman–Crippen MR) is 115 cm³/mol. The molecule has 1 fully saturated rings. The number of aromatic nitrogens is 1. The molecule has 1 aliphatic heterocycles. The molecule has 1 unspecified atom stereocenters. The van der Waals surface area contributed by atoms with Crippen molar-refractivity contribution in [2.75, 3.05) is 4.90 Å². The zero-order valence-corrected chi connectivity index (χ0v) is 17.5. The number of hydrogen-bond donors (Lipinski definition) is 1. The Morgan fingerprint density at radius 1 is 1.06 bits per heavy atom. The van der Waals surface area contributed by atoms with Crippen LogP contribution in [0.5, 0.6) is 5.75 Å². The summed E-state index contributed by atoms with van der Waals surface area (Å²) >= 11 is 0. The lowest BCUT2D eigenvalue weighted by atomic mass is 9.98. The van der Waals surface area contributed by atoms with E-state index in [4.69, 9.17) is 0 Å². The van der Waals surface area contributed by atoms with E-state index in [1.807, 2.05) is 0 Å². The monoisotopic (exact) mass is 485 g/mol. The van der Waals surface area contributed by atoms with Gasteiger partial charge >= 0.3 is 6.36 Å². The molecule has 12 heteroatoms. The summed E-state index contributed by atoms with van der Waals surface area (Å²) in [6.07, 6.45) is -3.62. The van der Waals surface area contributed by atoms with Crippen molar-refractivity contribution in [3.63, 3.8) is 0 Å². The molecule has 1 N–H and O–H groups in total. The van der Waals surface area contributed by atoms with Crippen LogP contribution in [-0.2, 0) is 9.59 Å². The van der Waals surface area contributed by atoms with Crippen LogP contribution in [-0.4, -0.2) is 33.1 Å². The first-order valence-electron chi connectivity index (χ1n) is 9.89. The summed E-state index contributed by atoms with van der Waals surface area (Å²) in [7, 11) is 0. The highest BCUT2D eigenvalue weighted by Crippen LogP contribution is 2.42. The van der Waals surface area contributed by atoms with Gasteiger partial charge in [0.1, 0.15) is 17.6 Å². The molecule has 1 amide bonds. The summed E-state index contributed by atoms with van der Waals surface area (Å²) in [4.78, 5) is 41.6. The fraction of sp³-hybridized carbons (Fsp3) is 0.0870. The molecule has 2 heterocycles. The number of ether oxygens (including phenoxy) is 1. The summed E-state index contributed by atoms with van der Waals surface area (Å²) in [5.41, 5.74) is -0.901. The maximum absolute atomic E-state index is 13.0. The van der Waals surface area contributed by atoms with E-state index in [9.17, 15) is 38.0 Å². The second-order valence-electron chi connectivity index (χ2n) is 7.28. The summed E-state index contributed by atoms with van der Waals surface area (Å²) < 4.78 is 42.1. The van der Waals surface area contributed by atoms with Gasteiger partial charge in [-0.3, -0.25) is 29.6 Å². The van der Waals surface area contributed by atoms with Crippen LogP contribution in [0, 0.1) is 10.1 Å². The number of rotatable bonds is 5. The maximum Gasteiger partial charge on any atom is 0.573 e. The normalized spacial score (nSPS) is 17.5. The Morgan fingerprint density at radius 2 is 1.80 bits per heavy atom. The van der Waals surface area contributed by atoms with Crippen LogP contribution in [0.4, 0.5) is 24.5 Å². The molecule has 1 saturated heterocycles. The number of alkyl halides is 3. The van der Waals surface area contributed by atoms with E-state index in [-0.39, 0.29) is 22.6 Å². The minimum Gasteiger partial charge on any atom is -0.507 e. The van der Waals surface area contributed by atoms with Crippen LogP contribution in [0.25, 0.3) is 5.76 Å². The Labute approximate surface area is 194 Å². The van der Waals surface area contributed by atoms with Crippen molar-refractivity contribution < 1.29 is 37.5 Å². The van der Waals surface area contributed by atoms with Crippen molar-refractivity contribution in [2.24, 2.45) is 0 Å². The van der Waals surface area contributed by atoms with Gasteiger partial charge in [-0.05, 0) is 24.3 Å². The number of nitro benzene ring substituents is 1. The summed E-state index contributed by atoms with van der Waals surface area (Å²) in [6.45, 7) is 0. The average Bonchev–Trinajstić information content (AvgIpc) is 3.09. The van der Waals surface area contributed by atoms with Crippen LogP contribution in [0.15, 0.2) is 78.5 Å². The van der Waals surface area contributed by atoms with Crippen LogP contribution in [0.1, 0.15) is 17.3 Å². The molecular weight excluding hydrogens is 471 g/mol. The number of pyridine rings is 1. The van der Waals surface area contributed by atoms with Gasteiger partial charge in [0.05, 0.1) is 16.2 Å². The molecule has 1 aliphatic rings. The number of nitro groups is 1. The van der Waals surface area contributed by atoms with Crippen molar-refractivity contribution in [2.45, 2.75) is 12.4 Å². The third kappa shape index (κ3) is 4.67. The van der Waals surface area contributed by atoms with E-state index >= 15 is 0 Å². The molecule has 0 radical (unpaired) electrons. The lowest BCUT2D eigenvalue weighted by Crippen LogP contribution is -2.30. The highest BCUT2D eigenvalue weighted by molar-refractivity contribution is 6.51. The third-order valence-electron chi connectivity index (χ3n) is 5.07. The van der Waals surface area contributed by atoms with Crippen molar-refractivity contribution >= 4 is 28.8 Å². The molecule has 0 bridgehead atoms. The number of aliphatic hydroxyl groups is 1. The number of anilines is 1. The van der Waals surface area contributed by atoms with Crippen molar-refractivity contribution in [1.29, 1.82) is 0 Å². The van der Waals surface area contributed by atoms with Crippen LogP contribution in [0.3, 0.4) is 0 Å². The molecule has 9 nitrogen and oxygen atoms in total. The van der Waals surface area contributed by atoms with Gasteiger partial charge in [0.25, 0.3) is 17.4 Å². The molecule has 4 rings (SSSR count). The van der Waals surface area contributed by atoms with E-state index in [2.05, 4.69) is 9.72 Å². The van der Waals surface area contributed by atoms with Crippen molar-refractivity contribution in [3.8, 4) is 5.75 Å². The van der Waals surface area contributed by atoms with Crippen molar-refractivity contribution in [3.05, 3.63) is 99.9 Å². The number of carbonyl (C=O) groups excluding carboxylic acids is 2. The number of carbonyl (C=O) groups is 2. The number of non-ortho nitro benzene ring substituents is 1. The molecule has 1 aromatic heterocycles. The molecule has 3 aromatic rings. The van der Waals surface area contributed by atoms with E-state index in [1.165, 1.54) is 42.6 Å². The number of nitrogens with zero attached hydrogens (tertiary/aromatic N) is 3. The summed E-state index contributed by atoms with van der Waals surface area (Å²) in [5, 5.41) is 22.1. The third-order valence-corrected chi connectivity index (χ3v) is 5.07. The van der Waals surface area contributed by atoms with E-state index < -0.39 is 46.1 Å². The largest absolute Gasteiger partial charge is 0.573 e. The second-order valence-corrected chi connectivity index (χ2v) is 7.28. The molecule has 0 spiro atoms. The highest BCUT2D eigenvalue weighted by Gasteiger charge is 2.48. The summed E-state index contributed by atoms with van der Waals surface area (Å²) in [6, 6.07) is 12.5. The standard InChI is InChI=1S/C23H14F3N3O6/c24-23(25,26)35-16-8-4-6-14(12-16)28-19(17-9-1-2-10-27-17)18(21(31)22(28)32)20(30)13-5-3-7-15(11-13)29(33)34/h1-12,19,30H/b20-18-. The topological polar surface area (TPSA) is 123 Å². The van der Waals surface area contributed by atoms with Crippen LogP contribution < -0.4 is 9.64 Å². The fourth-order valence-electron chi connectivity index (χ4n) is 3.67. The average molecular weight is 485 g/mol. The first-order chi connectivity index (χ1) is 16.6. The lowest BCUT2D eigenvalue weighted by molar-refractivity contribution is -0.384. The molecule has 2 aromatic carbocycles. The minimum absolute atomic E-state index is 0.104. The molecular formula is C23H14F3N3O6. The van der Waals surface area contributed by atoms with Gasteiger partial charge in [0.2, 0.25) is 0 Å². The molecule has 0 aliphatic carbocycles. The van der Waals surface area contributed by atoms with Gasteiger partial charge in [-0.1, -0.05) is 24.3 Å². The Morgan fingerprint density at radius 3 is 2.46 bits per heavy atom. The smallest absolute Gasteiger partial charge is 0.507 e. The first kappa shape index (κ1) is 23.4. The number of halogens is 3. The second kappa shape index (κ2) is 8.89. The molecule has 35 heavy (non-hydrogen) atoms. The number of ketones is 1. The quantitative estimate of drug-likeness (QED) is 0.185. The lowest BCUT2D eigenvalue weighted by Gasteiger charge is -2.25. The van der Waals surface area contributed by atoms with E-state index in [1.54, 1.807) is 12.1 Å². The van der Waals surface area contributed by atoms with Gasteiger partial charge in [-0.25, -0.2) is 0 Å². The number of aliphatic hydroxyl groups excluding tert-OH is 1. The molecule has 178 valence electrons. The van der Waals surface area contributed by atoms with Gasteiger partial charge < -0.3 is 9.84 Å². The Balaban J connectivity index is 1.90. The number of hydrogen-bond acceptors (Lipinski definition) is 7. The zero-order chi connectivity index (χ0) is 25.3. The molecule has 0 saturated carbocycles. The van der Waals surface area contributed by atoms with Gasteiger partial charge in [-0.15, -0.1) is 13.2 Å². The fourth-order valence-corrected chi connectivity index (χ4v) is 3.67. The van der Waals surface area contributed by atoms with Gasteiger partial charge in [0.15, 0.2) is 0 Å². The first-order valence-corrected chi connectivity index (χ1v) is 9.89. The summed E-state index contributed by atoms with van der Waals surface area (Å²) in [5.74, 6) is -3.62. The van der Waals surface area contributed by atoms with E-state index in [0.29, 0.717) is 0 Å². The maximum atomic E-state index is 13.0. The van der Waals surface area contributed by atoms with Gasteiger partial charge in [0, 0.05) is 35.6 Å². The Bertz CT molecular complexity index is 1360. The number of benzene rings is 2. The predicted octanol–water partition coefficient (Wildman–Crippen LogP) is 4.51. The minimum atomic E-state index is -4.99. The zero-order valence-electron chi connectivity index (χ0n) is 17.5. The molecule has 1 atom stereocenters. The van der Waals surface area contributed by atoms with Crippen molar-refractivity contribution in [1.82, 2.24) is 4.98 Å². The van der Waals surface area contributed by atoms with E-state index in [0.717, 1.165) is 23.1 Å². The highest BCUT2D eigenvalue weighted by atomic mass is 19.4. The van der Waals surface area contributed by atoms with Crippen LogP contribution in [0.2, 0.25) is 0 Å². The van der Waals surface area contributed by atoms with Crippen LogP contribution >= 0.6 is 0 Å². The Hall–Kier alpha value is -4.74. The SMILES string of the molecule is O=C1C(=O)N(c2cccc(OC(F)(F)F)c2)C(c2ccccn2)/C1=C(/O)c1cccc([N+](=O)[O-])c1. The number of Topliss-reactive ketones (excluding diaryl/α,β-unsaturated/α-hetero) is 1. The number of amides is 1. The van der Waals surface area contributed by atoms with Gasteiger partial charge in [-0.2, -0.15) is 0 Å².